The van der Waals surface area contributed by atoms with Crippen LogP contribution in [0.15, 0.2) is 30.3 Å². The molecular weight excluding hydrogens is 421 g/mol. The summed E-state index contributed by atoms with van der Waals surface area (Å²) in [4.78, 5) is 24.2. The minimum atomic E-state index is -0.307. The number of hydrogen-bond acceptors (Lipinski definition) is 5. The first kappa shape index (κ1) is 23.0. The molecule has 3 aromatic rings. The lowest BCUT2D eigenvalue weighted by atomic mass is 10.1. The molecule has 1 atom stereocenters. The van der Waals surface area contributed by atoms with Crippen molar-refractivity contribution in [2.75, 3.05) is 13.2 Å². The molecule has 1 fully saturated rings. The van der Waals surface area contributed by atoms with Crippen LogP contribution in [0.25, 0.3) is 5.95 Å². The van der Waals surface area contributed by atoms with Crippen molar-refractivity contribution in [3.05, 3.63) is 70.1 Å². The topological polar surface area (TPSA) is 73.1 Å². The quantitative estimate of drug-likeness (QED) is 0.547. The lowest BCUT2D eigenvalue weighted by Gasteiger charge is -2.26. The van der Waals surface area contributed by atoms with Crippen molar-refractivity contribution in [3.63, 3.8) is 0 Å². The monoisotopic (exact) mass is 451 g/mol. The lowest BCUT2D eigenvalue weighted by molar-refractivity contribution is -0.132. The Bertz CT molecular complexity index is 1130. The fourth-order valence-electron chi connectivity index (χ4n) is 4.34. The van der Waals surface area contributed by atoms with E-state index in [0.717, 1.165) is 46.7 Å². The molecule has 3 heterocycles. The summed E-state index contributed by atoms with van der Waals surface area (Å²) in [5.41, 5.74) is 4.95. The first-order chi connectivity index (χ1) is 15.8. The molecule has 7 nitrogen and oxygen atoms in total. The molecule has 33 heavy (non-hydrogen) atoms. The van der Waals surface area contributed by atoms with Gasteiger partial charge in [0, 0.05) is 42.3 Å². The van der Waals surface area contributed by atoms with E-state index < -0.39 is 0 Å². The number of rotatable bonds is 7. The summed E-state index contributed by atoms with van der Waals surface area (Å²) in [6, 6.07) is 8.30. The molecule has 2 aromatic heterocycles. The highest BCUT2D eigenvalue weighted by Gasteiger charge is 2.25. The zero-order chi connectivity index (χ0) is 23.5. The van der Waals surface area contributed by atoms with Gasteiger partial charge >= 0.3 is 0 Å². The van der Waals surface area contributed by atoms with Crippen molar-refractivity contribution in [1.29, 1.82) is 0 Å². The largest absolute Gasteiger partial charge is 0.376 e. The average molecular weight is 452 g/mol. The van der Waals surface area contributed by atoms with Gasteiger partial charge in [-0.3, -0.25) is 4.79 Å². The maximum atomic E-state index is 13.7. The van der Waals surface area contributed by atoms with Crippen LogP contribution in [0.5, 0.6) is 0 Å². The van der Waals surface area contributed by atoms with Crippen LogP contribution >= 0.6 is 0 Å². The van der Waals surface area contributed by atoms with Gasteiger partial charge < -0.3 is 9.64 Å². The molecule has 0 aliphatic carbocycles. The SMILES string of the molecule is Cc1cc(C)nc(-n2nc(C)c(CC(=O)N(Cc3cccc(F)c3)CC3CCCO3)c2C)n1. The highest BCUT2D eigenvalue weighted by atomic mass is 19.1. The second-order valence-electron chi connectivity index (χ2n) is 8.73. The molecule has 0 bridgehead atoms. The van der Waals surface area contributed by atoms with Crippen LogP contribution in [0.2, 0.25) is 0 Å². The average Bonchev–Trinajstić information content (AvgIpc) is 3.36. The molecule has 1 saturated heterocycles. The van der Waals surface area contributed by atoms with Crippen molar-refractivity contribution >= 4 is 5.91 Å². The normalized spacial score (nSPS) is 15.7. The third-order valence-electron chi connectivity index (χ3n) is 5.99. The maximum absolute atomic E-state index is 13.7. The van der Waals surface area contributed by atoms with Crippen LogP contribution in [0.1, 0.15) is 46.7 Å². The number of ether oxygens (including phenoxy) is 1. The smallest absolute Gasteiger partial charge is 0.251 e. The summed E-state index contributed by atoms with van der Waals surface area (Å²) >= 11 is 0. The van der Waals surface area contributed by atoms with E-state index in [-0.39, 0.29) is 24.2 Å². The minimum Gasteiger partial charge on any atom is -0.376 e. The van der Waals surface area contributed by atoms with Crippen LogP contribution in [0, 0.1) is 33.5 Å². The Hall–Kier alpha value is -3.13. The first-order valence-corrected chi connectivity index (χ1v) is 11.3. The van der Waals surface area contributed by atoms with Crippen molar-refractivity contribution in [1.82, 2.24) is 24.6 Å². The number of hydrogen-bond donors (Lipinski definition) is 0. The number of amides is 1. The van der Waals surface area contributed by atoms with Gasteiger partial charge in [0.1, 0.15) is 5.82 Å². The van der Waals surface area contributed by atoms with E-state index in [9.17, 15) is 9.18 Å². The molecule has 0 saturated carbocycles. The highest BCUT2D eigenvalue weighted by molar-refractivity contribution is 5.79. The van der Waals surface area contributed by atoms with Gasteiger partial charge in [0.2, 0.25) is 5.91 Å². The van der Waals surface area contributed by atoms with Crippen LogP contribution < -0.4 is 0 Å². The molecule has 1 aromatic carbocycles. The van der Waals surface area contributed by atoms with Gasteiger partial charge in [-0.05, 0) is 64.3 Å². The summed E-state index contributed by atoms with van der Waals surface area (Å²) in [5.74, 6) is 0.156. The molecule has 0 N–H and O–H groups in total. The zero-order valence-electron chi connectivity index (χ0n) is 19.6. The van der Waals surface area contributed by atoms with Gasteiger partial charge in [0.15, 0.2) is 0 Å². The molecule has 0 radical (unpaired) electrons. The fourth-order valence-corrected chi connectivity index (χ4v) is 4.34. The Morgan fingerprint density at radius 3 is 2.61 bits per heavy atom. The third kappa shape index (κ3) is 5.45. The van der Waals surface area contributed by atoms with Gasteiger partial charge in [-0.15, -0.1) is 0 Å². The predicted molar refractivity (Wildman–Crippen MR) is 123 cm³/mol. The summed E-state index contributed by atoms with van der Waals surface area (Å²) in [6.45, 7) is 9.21. The second kappa shape index (κ2) is 9.79. The lowest BCUT2D eigenvalue weighted by Crippen LogP contribution is -2.38. The number of nitrogens with zero attached hydrogens (tertiary/aromatic N) is 5. The van der Waals surface area contributed by atoms with Crippen molar-refractivity contribution in [3.8, 4) is 5.95 Å². The van der Waals surface area contributed by atoms with Crippen molar-refractivity contribution in [2.24, 2.45) is 0 Å². The first-order valence-electron chi connectivity index (χ1n) is 11.3. The number of carbonyl (C=O) groups is 1. The number of aryl methyl sites for hydroxylation is 3. The van der Waals surface area contributed by atoms with Crippen LogP contribution in [0.4, 0.5) is 4.39 Å². The second-order valence-corrected chi connectivity index (χ2v) is 8.73. The minimum absolute atomic E-state index is 0.0103. The number of benzene rings is 1. The summed E-state index contributed by atoms with van der Waals surface area (Å²) in [7, 11) is 0. The van der Waals surface area contributed by atoms with Gasteiger partial charge in [0.25, 0.3) is 5.95 Å². The Morgan fingerprint density at radius 2 is 1.94 bits per heavy atom. The zero-order valence-corrected chi connectivity index (χ0v) is 19.6. The van der Waals surface area contributed by atoms with Crippen LogP contribution in [0.3, 0.4) is 0 Å². The Balaban J connectivity index is 1.58. The molecular formula is C25H30FN5O2. The number of halogens is 1. The maximum Gasteiger partial charge on any atom is 0.251 e. The molecule has 8 heteroatoms. The molecule has 1 aliphatic heterocycles. The van der Waals surface area contributed by atoms with Crippen LogP contribution in [-0.2, 0) is 22.5 Å². The van der Waals surface area contributed by atoms with E-state index in [2.05, 4.69) is 15.1 Å². The van der Waals surface area contributed by atoms with E-state index in [0.29, 0.717) is 25.6 Å². The van der Waals surface area contributed by atoms with Gasteiger partial charge in [0.05, 0.1) is 18.2 Å². The number of carbonyl (C=O) groups excluding carboxylic acids is 1. The van der Waals surface area contributed by atoms with Crippen molar-refractivity contribution < 1.29 is 13.9 Å². The summed E-state index contributed by atoms with van der Waals surface area (Å²) in [5, 5.41) is 4.62. The summed E-state index contributed by atoms with van der Waals surface area (Å²) in [6.07, 6.45) is 2.13. The molecule has 0 spiro atoms. The van der Waals surface area contributed by atoms with E-state index in [1.165, 1.54) is 12.1 Å². The number of aromatic nitrogens is 4. The standard InChI is InChI=1S/C25H30FN5O2/c1-16-11-17(2)28-25(27-16)31-19(4)23(18(3)29-31)13-24(32)30(15-22-9-6-10-33-22)14-20-7-5-8-21(26)12-20/h5,7-8,11-12,22H,6,9-10,13-15H2,1-4H3. The predicted octanol–water partition coefficient (Wildman–Crippen LogP) is 3.79. The molecule has 4 rings (SSSR count). The molecule has 174 valence electrons. The van der Waals surface area contributed by atoms with Gasteiger partial charge in [-0.2, -0.15) is 5.10 Å². The van der Waals surface area contributed by atoms with E-state index in [1.807, 2.05) is 39.8 Å². The van der Waals surface area contributed by atoms with E-state index in [1.54, 1.807) is 15.6 Å². The Kier molecular flexibility index (Phi) is 6.83. The molecule has 1 unspecified atom stereocenters. The van der Waals surface area contributed by atoms with Gasteiger partial charge in [-0.1, -0.05) is 12.1 Å². The van der Waals surface area contributed by atoms with Crippen LogP contribution in [-0.4, -0.2) is 49.8 Å². The van der Waals surface area contributed by atoms with E-state index in [4.69, 9.17) is 4.74 Å². The highest BCUT2D eigenvalue weighted by Crippen LogP contribution is 2.21. The van der Waals surface area contributed by atoms with E-state index >= 15 is 0 Å². The van der Waals surface area contributed by atoms with Gasteiger partial charge in [-0.25, -0.2) is 19.0 Å². The summed E-state index contributed by atoms with van der Waals surface area (Å²) < 4.78 is 21.2. The Labute approximate surface area is 193 Å². The van der Waals surface area contributed by atoms with Crippen molar-refractivity contribution in [2.45, 2.75) is 59.6 Å². The molecule has 1 amide bonds. The molecule has 1 aliphatic rings. The Morgan fingerprint density at radius 1 is 1.18 bits per heavy atom. The third-order valence-corrected chi connectivity index (χ3v) is 5.99. The fraction of sp³-hybridized carbons (Fsp3) is 0.440.